The number of ether oxygens (including phenoxy) is 3. The van der Waals surface area contributed by atoms with E-state index in [1.54, 1.807) is 13.2 Å². The fourth-order valence-electron chi connectivity index (χ4n) is 2.85. The highest BCUT2D eigenvalue weighted by Crippen LogP contribution is 2.36. The second-order valence-electron chi connectivity index (χ2n) is 6.02. The zero-order valence-electron chi connectivity index (χ0n) is 14.7. The number of methoxy groups -OCH3 is 1. The number of rotatable bonds is 6. The SMILES string of the molecule is COc1ccccc1CNC(=O)Cc1cc(-c2ccc3c(c2)OCO3)on1. The van der Waals surface area contributed by atoms with Gasteiger partial charge in [0, 0.05) is 23.7 Å². The Labute approximate surface area is 155 Å². The number of benzene rings is 2. The molecule has 1 N–H and O–H groups in total. The van der Waals surface area contributed by atoms with Crippen LogP contribution in [0, 0.1) is 0 Å². The Bertz CT molecular complexity index is 967. The van der Waals surface area contributed by atoms with Gasteiger partial charge in [0.15, 0.2) is 17.3 Å². The van der Waals surface area contributed by atoms with Crippen LogP contribution in [-0.4, -0.2) is 25.0 Å². The molecule has 0 radical (unpaired) electrons. The Hall–Kier alpha value is -3.48. The second-order valence-corrected chi connectivity index (χ2v) is 6.02. The van der Waals surface area contributed by atoms with Crippen molar-refractivity contribution in [2.45, 2.75) is 13.0 Å². The van der Waals surface area contributed by atoms with E-state index in [4.69, 9.17) is 18.7 Å². The van der Waals surface area contributed by atoms with Crippen LogP contribution >= 0.6 is 0 Å². The Morgan fingerprint density at radius 3 is 2.89 bits per heavy atom. The van der Waals surface area contributed by atoms with E-state index in [2.05, 4.69) is 10.5 Å². The number of hydrogen-bond acceptors (Lipinski definition) is 6. The van der Waals surface area contributed by atoms with Crippen LogP contribution in [0.25, 0.3) is 11.3 Å². The van der Waals surface area contributed by atoms with Crippen LogP contribution in [0.4, 0.5) is 0 Å². The molecule has 138 valence electrons. The molecule has 1 amide bonds. The quantitative estimate of drug-likeness (QED) is 0.722. The third-order valence-electron chi connectivity index (χ3n) is 4.23. The van der Waals surface area contributed by atoms with Gasteiger partial charge in [-0.3, -0.25) is 4.79 Å². The highest BCUT2D eigenvalue weighted by Gasteiger charge is 2.16. The molecule has 3 aromatic rings. The largest absolute Gasteiger partial charge is 0.496 e. The van der Waals surface area contributed by atoms with Crippen molar-refractivity contribution in [1.29, 1.82) is 0 Å². The summed E-state index contributed by atoms with van der Waals surface area (Å²) in [5.74, 6) is 2.53. The average Bonchev–Trinajstić information content (AvgIpc) is 3.35. The maximum atomic E-state index is 12.2. The smallest absolute Gasteiger partial charge is 0.231 e. The molecule has 7 nitrogen and oxygen atoms in total. The summed E-state index contributed by atoms with van der Waals surface area (Å²) in [6.45, 7) is 0.600. The minimum atomic E-state index is -0.147. The highest BCUT2D eigenvalue weighted by atomic mass is 16.7. The fraction of sp³-hybridized carbons (Fsp3) is 0.200. The van der Waals surface area contributed by atoms with Gasteiger partial charge in [-0.2, -0.15) is 0 Å². The van der Waals surface area contributed by atoms with E-state index in [0.717, 1.165) is 16.9 Å². The summed E-state index contributed by atoms with van der Waals surface area (Å²) in [7, 11) is 1.60. The summed E-state index contributed by atoms with van der Waals surface area (Å²) in [6.07, 6.45) is 0.128. The van der Waals surface area contributed by atoms with Crippen molar-refractivity contribution in [3.05, 3.63) is 59.8 Å². The van der Waals surface area contributed by atoms with Crippen molar-refractivity contribution in [3.63, 3.8) is 0 Å². The number of aromatic nitrogens is 1. The summed E-state index contributed by atoms with van der Waals surface area (Å²) in [4.78, 5) is 12.2. The number of para-hydroxylation sites is 1. The molecule has 0 fully saturated rings. The van der Waals surface area contributed by atoms with Crippen molar-refractivity contribution in [2.75, 3.05) is 13.9 Å². The Balaban J connectivity index is 1.38. The van der Waals surface area contributed by atoms with E-state index in [1.165, 1.54) is 0 Å². The minimum Gasteiger partial charge on any atom is -0.496 e. The first-order valence-electron chi connectivity index (χ1n) is 8.47. The van der Waals surface area contributed by atoms with Crippen LogP contribution in [-0.2, 0) is 17.8 Å². The van der Waals surface area contributed by atoms with Crippen molar-refractivity contribution < 1.29 is 23.5 Å². The van der Waals surface area contributed by atoms with E-state index in [9.17, 15) is 4.79 Å². The van der Waals surface area contributed by atoms with E-state index >= 15 is 0 Å². The number of nitrogens with zero attached hydrogens (tertiary/aromatic N) is 1. The van der Waals surface area contributed by atoms with E-state index in [0.29, 0.717) is 29.5 Å². The van der Waals surface area contributed by atoms with Gasteiger partial charge in [-0.1, -0.05) is 23.4 Å². The number of nitrogens with one attached hydrogen (secondary N) is 1. The van der Waals surface area contributed by atoms with Gasteiger partial charge in [0.05, 0.1) is 19.2 Å². The molecule has 0 aliphatic carbocycles. The number of carbonyl (C=O) groups is 1. The van der Waals surface area contributed by atoms with Gasteiger partial charge in [0.25, 0.3) is 0 Å². The van der Waals surface area contributed by atoms with E-state index in [-0.39, 0.29) is 19.1 Å². The van der Waals surface area contributed by atoms with Crippen LogP contribution in [0.1, 0.15) is 11.3 Å². The summed E-state index contributed by atoms with van der Waals surface area (Å²) >= 11 is 0. The summed E-state index contributed by atoms with van der Waals surface area (Å²) < 4.78 is 21.3. The first-order valence-corrected chi connectivity index (χ1v) is 8.47. The molecule has 0 unspecified atom stereocenters. The fourth-order valence-corrected chi connectivity index (χ4v) is 2.85. The lowest BCUT2D eigenvalue weighted by Crippen LogP contribution is -2.24. The third kappa shape index (κ3) is 3.72. The number of amides is 1. The molecule has 1 aromatic heterocycles. The maximum Gasteiger partial charge on any atom is 0.231 e. The Morgan fingerprint density at radius 1 is 1.15 bits per heavy atom. The average molecular weight is 366 g/mol. The van der Waals surface area contributed by atoms with Crippen molar-refractivity contribution >= 4 is 5.91 Å². The summed E-state index contributed by atoms with van der Waals surface area (Å²) in [5.41, 5.74) is 2.28. The molecular formula is C20H18N2O5. The third-order valence-corrected chi connectivity index (χ3v) is 4.23. The zero-order chi connectivity index (χ0) is 18.6. The maximum absolute atomic E-state index is 12.2. The molecule has 2 aromatic carbocycles. The predicted octanol–water partition coefficient (Wildman–Crippen LogP) is 2.94. The normalized spacial score (nSPS) is 12.0. The van der Waals surface area contributed by atoms with E-state index in [1.807, 2.05) is 42.5 Å². The highest BCUT2D eigenvalue weighted by molar-refractivity contribution is 5.78. The van der Waals surface area contributed by atoms with Crippen LogP contribution in [0.2, 0.25) is 0 Å². The second kappa shape index (κ2) is 7.41. The van der Waals surface area contributed by atoms with Crippen molar-refractivity contribution in [2.24, 2.45) is 0 Å². The van der Waals surface area contributed by atoms with Gasteiger partial charge in [0.2, 0.25) is 12.7 Å². The monoisotopic (exact) mass is 366 g/mol. The molecule has 0 bridgehead atoms. The molecule has 7 heteroatoms. The van der Waals surface area contributed by atoms with Crippen molar-refractivity contribution in [1.82, 2.24) is 10.5 Å². The minimum absolute atomic E-state index is 0.128. The summed E-state index contributed by atoms with van der Waals surface area (Å²) in [6, 6.07) is 14.8. The molecular weight excluding hydrogens is 348 g/mol. The van der Waals surface area contributed by atoms with Gasteiger partial charge in [0.1, 0.15) is 5.75 Å². The van der Waals surface area contributed by atoms with Gasteiger partial charge in [-0.05, 0) is 24.3 Å². The topological polar surface area (TPSA) is 82.8 Å². The number of hydrogen-bond donors (Lipinski definition) is 1. The van der Waals surface area contributed by atoms with Gasteiger partial charge < -0.3 is 24.1 Å². The van der Waals surface area contributed by atoms with Crippen LogP contribution in [0.5, 0.6) is 17.2 Å². The Kier molecular flexibility index (Phi) is 4.65. The van der Waals surface area contributed by atoms with Crippen LogP contribution in [0.3, 0.4) is 0 Å². The van der Waals surface area contributed by atoms with Gasteiger partial charge >= 0.3 is 0 Å². The first kappa shape index (κ1) is 17.0. The molecule has 0 saturated heterocycles. The predicted molar refractivity (Wildman–Crippen MR) is 96.6 cm³/mol. The molecule has 0 atom stereocenters. The number of carbonyl (C=O) groups excluding carboxylic acids is 1. The first-order chi connectivity index (χ1) is 13.2. The molecule has 2 heterocycles. The molecule has 4 rings (SSSR count). The number of fused-ring (bicyclic) bond motifs is 1. The molecule has 0 spiro atoms. The molecule has 1 aliphatic rings. The van der Waals surface area contributed by atoms with Gasteiger partial charge in [-0.25, -0.2) is 0 Å². The van der Waals surface area contributed by atoms with Crippen molar-refractivity contribution in [3.8, 4) is 28.6 Å². The van der Waals surface area contributed by atoms with E-state index < -0.39 is 0 Å². The molecule has 1 aliphatic heterocycles. The standard InChI is InChI=1S/C20H18N2O5/c1-24-16-5-3-2-4-14(16)11-21-20(23)10-15-9-18(27-22-15)13-6-7-17-19(8-13)26-12-25-17/h2-9H,10-12H2,1H3,(H,21,23). The molecule has 27 heavy (non-hydrogen) atoms. The summed E-state index contributed by atoms with van der Waals surface area (Å²) in [5, 5.41) is 6.85. The van der Waals surface area contributed by atoms with Gasteiger partial charge in [-0.15, -0.1) is 0 Å². The lowest BCUT2D eigenvalue weighted by molar-refractivity contribution is -0.120. The van der Waals surface area contributed by atoms with Crippen LogP contribution < -0.4 is 19.5 Å². The zero-order valence-corrected chi connectivity index (χ0v) is 14.7. The van der Waals surface area contributed by atoms with Crippen LogP contribution in [0.15, 0.2) is 53.1 Å². The Morgan fingerprint density at radius 2 is 2.00 bits per heavy atom. The lowest BCUT2D eigenvalue weighted by atomic mass is 10.1. The lowest BCUT2D eigenvalue weighted by Gasteiger charge is -2.08. The molecule has 0 saturated carbocycles.